The van der Waals surface area contributed by atoms with Crippen LogP contribution in [0, 0.1) is 0 Å². The van der Waals surface area contributed by atoms with E-state index in [0.29, 0.717) is 0 Å². The van der Waals surface area contributed by atoms with E-state index in [0.717, 1.165) is 70.3 Å². The summed E-state index contributed by atoms with van der Waals surface area (Å²) in [6.07, 6.45) is 0.733. The average molecular weight is 484 g/mol. The van der Waals surface area contributed by atoms with E-state index in [1.54, 1.807) is 11.6 Å². The Bertz CT molecular complexity index is 1250. The molecule has 4 aromatic rings. The number of thiazole rings is 1. The van der Waals surface area contributed by atoms with Crippen LogP contribution in [0.3, 0.4) is 0 Å². The smallest absolute Gasteiger partial charge is 0.230 e. The number of aromatic hydroxyl groups is 1. The first kappa shape index (κ1) is 22.0. The molecule has 5 rings (SSSR count). The molecule has 33 heavy (non-hydrogen) atoms. The van der Waals surface area contributed by atoms with E-state index in [4.69, 9.17) is 16.3 Å². The molecular formula is C24H26ClN5O2S. The van der Waals surface area contributed by atoms with Gasteiger partial charge in [0.15, 0.2) is 5.82 Å². The lowest BCUT2D eigenvalue weighted by molar-refractivity contribution is 0.211. The third-order valence-electron chi connectivity index (χ3n) is 6.09. The molecule has 0 radical (unpaired) electrons. The van der Waals surface area contributed by atoms with E-state index in [1.807, 2.05) is 37.3 Å². The highest BCUT2D eigenvalue weighted by Gasteiger charge is 2.32. The van der Waals surface area contributed by atoms with Crippen molar-refractivity contribution in [2.75, 3.05) is 38.2 Å². The van der Waals surface area contributed by atoms with Crippen LogP contribution in [-0.2, 0) is 6.42 Å². The zero-order chi connectivity index (χ0) is 22.9. The fourth-order valence-corrected chi connectivity index (χ4v) is 5.66. The van der Waals surface area contributed by atoms with Gasteiger partial charge in [-0.15, -0.1) is 5.10 Å². The van der Waals surface area contributed by atoms with Crippen LogP contribution in [0.15, 0.2) is 48.5 Å². The van der Waals surface area contributed by atoms with E-state index in [1.165, 1.54) is 11.3 Å². The number of ether oxygens (including phenoxy) is 1. The molecule has 0 spiro atoms. The van der Waals surface area contributed by atoms with Gasteiger partial charge in [0, 0.05) is 43.3 Å². The summed E-state index contributed by atoms with van der Waals surface area (Å²) in [5.74, 6) is 1.71. The number of nitrogens with zero attached hydrogens (tertiary/aromatic N) is 5. The molecule has 1 N–H and O–H groups in total. The van der Waals surface area contributed by atoms with Crippen molar-refractivity contribution in [1.82, 2.24) is 19.5 Å². The first-order chi connectivity index (χ1) is 16.1. The second kappa shape index (κ2) is 9.21. The molecule has 1 aliphatic rings. The number of methoxy groups -OCH3 is 1. The van der Waals surface area contributed by atoms with Gasteiger partial charge in [-0.3, -0.25) is 4.90 Å². The van der Waals surface area contributed by atoms with Crippen molar-refractivity contribution in [1.29, 1.82) is 0 Å². The summed E-state index contributed by atoms with van der Waals surface area (Å²) >= 11 is 7.71. The Morgan fingerprint density at radius 1 is 1.12 bits per heavy atom. The summed E-state index contributed by atoms with van der Waals surface area (Å²) in [4.78, 5) is 10.9. The zero-order valence-electron chi connectivity index (χ0n) is 18.6. The highest BCUT2D eigenvalue weighted by molar-refractivity contribution is 7.17. The first-order valence-electron chi connectivity index (χ1n) is 11.0. The molecule has 1 fully saturated rings. The summed E-state index contributed by atoms with van der Waals surface area (Å²) in [6.45, 7) is 5.44. The molecule has 0 saturated carbocycles. The van der Waals surface area contributed by atoms with Gasteiger partial charge in [-0.2, -0.15) is 4.52 Å². The lowest BCUT2D eigenvalue weighted by Crippen LogP contribution is -2.47. The van der Waals surface area contributed by atoms with Crippen molar-refractivity contribution in [2.24, 2.45) is 0 Å². The number of rotatable bonds is 6. The first-order valence-corrected chi connectivity index (χ1v) is 12.2. The lowest BCUT2D eigenvalue weighted by atomic mass is 10.0. The number of halogens is 1. The van der Waals surface area contributed by atoms with Crippen LogP contribution in [0.1, 0.15) is 29.2 Å². The number of aryl methyl sites for hydroxylation is 1. The molecule has 1 aliphatic heterocycles. The molecule has 3 heterocycles. The molecule has 172 valence electrons. The molecule has 0 unspecified atom stereocenters. The zero-order valence-corrected chi connectivity index (χ0v) is 20.2. The highest BCUT2D eigenvalue weighted by Crippen LogP contribution is 2.41. The van der Waals surface area contributed by atoms with Crippen molar-refractivity contribution >= 4 is 33.6 Å². The summed E-state index contributed by atoms with van der Waals surface area (Å²) in [6, 6.07) is 16.0. The van der Waals surface area contributed by atoms with Gasteiger partial charge in [0.05, 0.1) is 18.0 Å². The van der Waals surface area contributed by atoms with Crippen molar-refractivity contribution < 1.29 is 9.84 Å². The van der Waals surface area contributed by atoms with E-state index >= 15 is 0 Å². The minimum atomic E-state index is -0.101. The van der Waals surface area contributed by atoms with Crippen molar-refractivity contribution in [3.63, 3.8) is 0 Å². The van der Waals surface area contributed by atoms with Crippen LogP contribution < -0.4 is 9.64 Å². The number of hydrogen-bond acceptors (Lipinski definition) is 7. The summed E-state index contributed by atoms with van der Waals surface area (Å²) < 4.78 is 6.92. The van der Waals surface area contributed by atoms with E-state index in [9.17, 15) is 5.11 Å². The fourth-order valence-electron chi connectivity index (χ4n) is 4.34. The molecule has 2 aromatic carbocycles. The third kappa shape index (κ3) is 4.26. The minimum absolute atomic E-state index is 0.101. The SMILES string of the molecule is CCc1nc2sc([C@@H](c3ccc(OC)cc3)N3CCN(c4cccc(Cl)c4)CC3)c(O)n2n1. The van der Waals surface area contributed by atoms with Gasteiger partial charge < -0.3 is 14.7 Å². The summed E-state index contributed by atoms with van der Waals surface area (Å²) in [7, 11) is 1.67. The molecular weight excluding hydrogens is 458 g/mol. The monoisotopic (exact) mass is 483 g/mol. The number of fused-ring (bicyclic) bond motifs is 1. The van der Waals surface area contributed by atoms with E-state index < -0.39 is 0 Å². The summed E-state index contributed by atoms with van der Waals surface area (Å²) in [5, 5.41) is 16.3. The molecule has 1 atom stereocenters. The van der Waals surface area contributed by atoms with Gasteiger partial charge >= 0.3 is 0 Å². The number of benzene rings is 2. The number of aromatic nitrogens is 3. The number of anilines is 1. The van der Waals surface area contributed by atoms with Gasteiger partial charge in [0.25, 0.3) is 0 Å². The predicted octanol–water partition coefficient (Wildman–Crippen LogP) is 4.63. The maximum absolute atomic E-state index is 11.1. The summed E-state index contributed by atoms with van der Waals surface area (Å²) in [5.41, 5.74) is 2.24. The number of piperazine rings is 1. The topological polar surface area (TPSA) is 66.1 Å². The van der Waals surface area contributed by atoms with E-state index in [2.05, 4.69) is 38.1 Å². The Hall–Kier alpha value is -2.81. The molecule has 9 heteroatoms. The largest absolute Gasteiger partial charge is 0.497 e. The van der Waals surface area contributed by atoms with Gasteiger partial charge in [0.1, 0.15) is 5.75 Å². The molecule has 0 amide bonds. The molecule has 0 aliphatic carbocycles. The maximum Gasteiger partial charge on any atom is 0.230 e. The standard InChI is InChI=1S/C24H26ClN5O2S/c1-3-20-26-24-30(27-20)23(31)22(33-24)21(16-7-9-19(32-2)10-8-16)29-13-11-28(12-14-29)18-6-4-5-17(25)15-18/h4-10,15,21,31H,3,11-14H2,1-2H3/t21-/m1/s1. The Labute approximate surface area is 201 Å². The predicted molar refractivity (Wildman–Crippen MR) is 132 cm³/mol. The van der Waals surface area contributed by atoms with Crippen molar-refractivity contribution in [3.05, 3.63) is 69.8 Å². The normalized spacial score (nSPS) is 15.8. The second-order valence-electron chi connectivity index (χ2n) is 8.04. The van der Waals surface area contributed by atoms with Crippen molar-refractivity contribution in [3.8, 4) is 11.6 Å². The van der Waals surface area contributed by atoms with Crippen LogP contribution in [0.2, 0.25) is 5.02 Å². The third-order valence-corrected chi connectivity index (χ3v) is 7.40. The van der Waals surface area contributed by atoms with E-state index in [-0.39, 0.29) is 11.9 Å². The van der Waals surface area contributed by atoms with Gasteiger partial charge in [-0.1, -0.05) is 48.1 Å². The molecule has 1 saturated heterocycles. The van der Waals surface area contributed by atoms with Crippen LogP contribution in [0.5, 0.6) is 11.6 Å². The molecule has 7 nitrogen and oxygen atoms in total. The Kier molecular flexibility index (Phi) is 6.14. The van der Waals surface area contributed by atoms with Gasteiger partial charge in [0.2, 0.25) is 10.8 Å². The van der Waals surface area contributed by atoms with Crippen LogP contribution in [0.25, 0.3) is 4.96 Å². The quantitative estimate of drug-likeness (QED) is 0.431. The maximum atomic E-state index is 11.1. The highest BCUT2D eigenvalue weighted by atomic mass is 35.5. The van der Waals surface area contributed by atoms with Crippen LogP contribution in [-0.4, -0.2) is 57.9 Å². The number of hydrogen-bond donors (Lipinski definition) is 1. The average Bonchev–Trinajstić information content (AvgIpc) is 3.39. The molecule has 2 aromatic heterocycles. The van der Waals surface area contributed by atoms with Gasteiger partial charge in [-0.05, 0) is 35.9 Å². The fraction of sp³-hybridized carbons (Fsp3) is 0.333. The molecule has 0 bridgehead atoms. The minimum Gasteiger partial charge on any atom is -0.497 e. The van der Waals surface area contributed by atoms with Gasteiger partial charge in [-0.25, -0.2) is 4.98 Å². The second-order valence-corrected chi connectivity index (χ2v) is 9.49. The Balaban J connectivity index is 1.47. The Morgan fingerprint density at radius 2 is 1.88 bits per heavy atom. The lowest BCUT2D eigenvalue weighted by Gasteiger charge is -2.40. The van der Waals surface area contributed by atoms with Crippen molar-refractivity contribution in [2.45, 2.75) is 19.4 Å². The van der Waals surface area contributed by atoms with Crippen LogP contribution in [0.4, 0.5) is 5.69 Å². The van der Waals surface area contributed by atoms with Crippen LogP contribution >= 0.6 is 22.9 Å². The Morgan fingerprint density at radius 3 is 2.52 bits per heavy atom.